The summed E-state index contributed by atoms with van der Waals surface area (Å²) in [5, 5.41) is 16.2. The van der Waals surface area contributed by atoms with Crippen molar-refractivity contribution in [2.45, 2.75) is 28.5 Å². The molecule has 1 aromatic heterocycles. The number of hydrogen-bond donors (Lipinski definition) is 2. The van der Waals surface area contributed by atoms with E-state index in [1.807, 2.05) is 60.7 Å². The van der Waals surface area contributed by atoms with Crippen LogP contribution in [0.15, 0.2) is 79.9 Å². The molecule has 28 heavy (non-hydrogen) atoms. The van der Waals surface area contributed by atoms with Crippen molar-refractivity contribution < 1.29 is 13.8 Å². The second-order valence-electron chi connectivity index (χ2n) is 6.26. The van der Waals surface area contributed by atoms with E-state index in [0.29, 0.717) is 32.3 Å². The van der Waals surface area contributed by atoms with Crippen molar-refractivity contribution in [3.05, 3.63) is 72.1 Å². The maximum Gasteiger partial charge on any atom is 0.155 e. The highest BCUT2D eigenvalue weighted by molar-refractivity contribution is 7.99. The van der Waals surface area contributed by atoms with Gasteiger partial charge < -0.3 is 14.4 Å². The van der Waals surface area contributed by atoms with Crippen molar-refractivity contribution in [1.29, 1.82) is 0 Å². The van der Waals surface area contributed by atoms with E-state index >= 15 is 0 Å². The van der Waals surface area contributed by atoms with Crippen molar-refractivity contribution in [1.82, 2.24) is 5.16 Å². The third kappa shape index (κ3) is 3.50. The van der Waals surface area contributed by atoms with Crippen LogP contribution >= 0.6 is 11.8 Å². The van der Waals surface area contributed by atoms with Gasteiger partial charge in [0.1, 0.15) is 10.6 Å². The van der Waals surface area contributed by atoms with Gasteiger partial charge >= 0.3 is 0 Å². The van der Waals surface area contributed by atoms with Crippen molar-refractivity contribution in [3.63, 3.8) is 0 Å². The number of aryl methyl sites for hydroxylation is 2. The highest BCUT2D eigenvalue weighted by Gasteiger charge is 2.19. The van der Waals surface area contributed by atoms with Gasteiger partial charge in [-0.1, -0.05) is 59.4 Å². The van der Waals surface area contributed by atoms with Gasteiger partial charge in [-0.2, -0.15) is 0 Å². The number of anilines is 1. The summed E-state index contributed by atoms with van der Waals surface area (Å²) in [5.41, 5.74) is 1.26. The topological polar surface area (TPSA) is 75.4 Å². The molecule has 0 aliphatic carbocycles. The normalized spacial score (nSPS) is 12.2. The third-order valence-electron chi connectivity index (χ3n) is 4.31. The van der Waals surface area contributed by atoms with E-state index in [9.17, 15) is 9.32 Å². The molecule has 7 heteroatoms. The second-order valence-corrected chi connectivity index (χ2v) is 8.52. The average Bonchev–Trinajstić information content (AvgIpc) is 3.04. The number of aromatic hydroxyl groups is 1. The van der Waals surface area contributed by atoms with Crippen LogP contribution in [0.3, 0.4) is 0 Å². The minimum Gasteiger partial charge on any atom is -0.506 e. The minimum absolute atomic E-state index is 0.207. The molecular formula is C21H18N2O3S2. The Morgan fingerprint density at radius 1 is 1.04 bits per heavy atom. The van der Waals surface area contributed by atoms with Gasteiger partial charge in [0.15, 0.2) is 16.7 Å². The molecule has 0 bridgehead atoms. The molecule has 0 radical (unpaired) electrons. The zero-order chi connectivity index (χ0) is 19.7. The van der Waals surface area contributed by atoms with Gasteiger partial charge in [0, 0.05) is 15.7 Å². The summed E-state index contributed by atoms with van der Waals surface area (Å²) in [6.07, 6.45) is 0. The molecule has 0 aliphatic heterocycles. The third-order valence-corrected chi connectivity index (χ3v) is 6.71. The summed E-state index contributed by atoms with van der Waals surface area (Å²) in [6.45, 7) is 3.50. The molecule has 0 amide bonds. The lowest BCUT2D eigenvalue weighted by Crippen LogP contribution is -2.07. The Morgan fingerprint density at radius 2 is 1.71 bits per heavy atom. The molecule has 0 saturated heterocycles. The summed E-state index contributed by atoms with van der Waals surface area (Å²) in [5.74, 6) is 0.725. The lowest BCUT2D eigenvalue weighted by molar-refractivity contribution is 0.391. The van der Waals surface area contributed by atoms with Crippen LogP contribution in [0.25, 0.3) is 10.8 Å². The molecule has 4 rings (SSSR count). The quantitative estimate of drug-likeness (QED) is 0.429. The number of aromatic nitrogens is 1. The molecule has 4 aromatic rings. The van der Waals surface area contributed by atoms with E-state index < -0.39 is 11.0 Å². The lowest BCUT2D eigenvalue weighted by atomic mass is 10.1. The molecule has 0 saturated carbocycles. The van der Waals surface area contributed by atoms with Gasteiger partial charge in [0.25, 0.3) is 0 Å². The number of nitrogens with zero attached hydrogens (tertiary/aromatic N) is 1. The van der Waals surface area contributed by atoms with Crippen LogP contribution in [0.5, 0.6) is 5.75 Å². The summed E-state index contributed by atoms with van der Waals surface area (Å²) in [6, 6.07) is 19.1. The number of hydrogen-bond acceptors (Lipinski definition) is 5. The summed E-state index contributed by atoms with van der Waals surface area (Å²) in [7, 11) is -1.54. The first-order chi connectivity index (χ1) is 13.5. The minimum atomic E-state index is -1.54. The molecule has 0 fully saturated rings. The fourth-order valence-electron chi connectivity index (χ4n) is 3.00. The number of fused-ring (bicyclic) bond motifs is 1. The predicted octanol–water partition coefficient (Wildman–Crippen LogP) is 5.44. The largest absolute Gasteiger partial charge is 0.506 e. The molecule has 1 unspecified atom stereocenters. The van der Waals surface area contributed by atoms with Crippen molar-refractivity contribution in [3.8, 4) is 5.75 Å². The maximum absolute atomic E-state index is 12.9. The Bertz CT molecular complexity index is 1150. The summed E-state index contributed by atoms with van der Waals surface area (Å²) >= 11 is 1.45. The van der Waals surface area contributed by atoms with Crippen LogP contribution in [0.4, 0.5) is 5.69 Å². The Morgan fingerprint density at radius 3 is 2.39 bits per heavy atom. The maximum atomic E-state index is 12.9. The number of rotatable bonds is 5. The van der Waals surface area contributed by atoms with E-state index in [1.54, 1.807) is 13.8 Å². The lowest BCUT2D eigenvalue weighted by Gasteiger charge is -2.14. The van der Waals surface area contributed by atoms with E-state index in [0.717, 1.165) is 10.3 Å². The zero-order valence-corrected chi connectivity index (χ0v) is 16.9. The molecule has 1 heterocycles. The molecule has 0 aliphatic rings. The van der Waals surface area contributed by atoms with Crippen molar-refractivity contribution in [2.24, 2.45) is 0 Å². The fraction of sp³-hybridized carbons (Fsp3) is 0.0952. The standard InChI is InChI=1S/C21H18N2O3S2/c1-13-21(14(2)26-22-13)28(25)23-18-12-19(27-15-8-4-3-5-9-15)20(24)17-11-7-6-10-16(17)18/h3-12,23-24H,1-2H3. The second kappa shape index (κ2) is 7.69. The van der Waals surface area contributed by atoms with Crippen molar-refractivity contribution in [2.75, 3.05) is 4.72 Å². The number of benzene rings is 3. The Balaban J connectivity index is 1.79. The van der Waals surface area contributed by atoms with E-state index in [-0.39, 0.29) is 5.75 Å². The van der Waals surface area contributed by atoms with E-state index in [1.165, 1.54) is 11.8 Å². The predicted molar refractivity (Wildman–Crippen MR) is 112 cm³/mol. The number of phenols is 1. The summed E-state index contributed by atoms with van der Waals surface area (Å²) in [4.78, 5) is 2.23. The smallest absolute Gasteiger partial charge is 0.155 e. The van der Waals surface area contributed by atoms with Crippen LogP contribution in [0.2, 0.25) is 0 Å². The first-order valence-corrected chi connectivity index (χ1v) is 10.6. The highest BCUT2D eigenvalue weighted by Crippen LogP contribution is 2.42. The Labute approximate surface area is 169 Å². The molecule has 142 valence electrons. The Kier molecular flexibility index (Phi) is 5.11. The van der Waals surface area contributed by atoms with Gasteiger partial charge in [-0.25, -0.2) is 4.21 Å². The fourth-order valence-corrected chi connectivity index (χ4v) is 5.01. The van der Waals surface area contributed by atoms with Crippen molar-refractivity contribution >= 4 is 39.2 Å². The van der Waals surface area contributed by atoms with Gasteiger partial charge in [-0.15, -0.1) is 0 Å². The zero-order valence-electron chi connectivity index (χ0n) is 15.3. The molecular weight excluding hydrogens is 392 g/mol. The van der Waals surface area contributed by atoms with Gasteiger partial charge in [0.05, 0.1) is 16.3 Å². The molecule has 2 N–H and O–H groups in total. The van der Waals surface area contributed by atoms with Gasteiger partial charge in [0.2, 0.25) is 0 Å². The van der Waals surface area contributed by atoms with Crippen LogP contribution in [0.1, 0.15) is 11.5 Å². The Hall–Kier alpha value is -2.77. The van der Waals surface area contributed by atoms with Crippen LogP contribution in [0, 0.1) is 13.8 Å². The molecule has 0 spiro atoms. The molecule has 1 atom stereocenters. The number of nitrogens with one attached hydrogen (secondary N) is 1. The SMILES string of the molecule is Cc1noc(C)c1S(=O)Nc1cc(Sc2ccccc2)c(O)c2ccccc12. The van der Waals surface area contributed by atoms with E-state index in [4.69, 9.17) is 4.52 Å². The monoisotopic (exact) mass is 410 g/mol. The van der Waals surface area contributed by atoms with E-state index in [2.05, 4.69) is 9.88 Å². The average molecular weight is 411 g/mol. The molecule has 5 nitrogen and oxygen atoms in total. The van der Waals surface area contributed by atoms with Crippen LogP contribution < -0.4 is 4.72 Å². The van der Waals surface area contributed by atoms with Gasteiger partial charge in [-0.05, 0) is 32.0 Å². The first-order valence-electron chi connectivity index (χ1n) is 8.63. The van der Waals surface area contributed by atoms with Crippen LogP contribution in [-0.2, 0) is 11.0 Å². The van der Waals surface area contributed by atoms with Crippen LogP contribution in [-0.4, -0.2) is 14.5 Å². The highest BCUT2D eigenvalue weighted by atomic mass is 32.2. The number of phenolic OH excluding ortho intramolecular Hbond substituents is 1. The van der Waals surface area contributed by atoms with Gasteiger partial charge in [-0.3, -0.25) is 0 Å². The molecule has 3 aromatic carbocycles. The first kappa shape index (κ1) is 18.6. The summed E-state index contributed by atoms with van der Waals surface area (Å²) < 4.78 is 21.2.